The summed E-state index contributed by atoms with van der Waals surface area (Å²) in [4.78, 5) is 12.1. The summed E-state index contributed by atoms with van der Waals surface area (Å²) in [5, 5.41) is 3.00. The molecule has 0 aliphatic rings. The minimum atomic E-state index is -0.0527. The number of carbonyl (C=O) groups is 1. The number of carbonyl (C=O) groups excluding carboxylic acids is 1. The first kappa shape index (κ1) is 15.6. The van der Waals surface area contributed by atoms with Crippen LogP contribution in [0.2, 0.25) is 0 Å². The number of rotatable bonds is 5. The molecule has 4 heteroatoms. The molecule has 1 N–H and O–H groups in total. The van der Waals surface area contributed by atoms with Crippen LogP contribution in [-0.2, 0) is 11.2 Å². The zero-order valence-corrected chi connectivity index (χ0v) is 13.7. The molecular weight excluding hydrogens is 330 g/mol. The molecule has 0 spiro atoms. The van der Waals surface area contributed by atoms with E-state index in [4.69, 9.17) is 4.74 Å². The quantitative estimate of drug-likeness (QED) is 0.891. The highest BCUT2D eigenvalue weighted by Gasteiger charge is 2.10. The third kappa shape index (κ3) is 4.60. The fourth-order valence-electron chi connectivity index (χ4n) is 2.07. The SMILES string of the molecule is COc1cccc(C(C)NC(=O)Cc2ccc(Br)cc2)c1. The van der Waals surface area contributed by atoms with E-state index in [0.717, 1.165) is 21.3 Å². The van der Waals surface area contributed by atoms with Crippen molar-refractivity contribution in [3.63, 3.8) is 0 Å². The lowest BCUT2D eigenvalue weighted by atomic mass is 10.1. The number of methoxy groups -OCH3 is 1. The monoisotopic (exact) mass is 347 g/mol. The summed E-state index contributed by atoms with van der Waals surface area (Å²) in [6.07, 6.45) is 0.377. The normalized spacial score (nSPS) is 11.8. The van der Waals surface area contributed by atoms with Gasteiger partial charge in [-0.1, -0.05) is 40.2 Å². The predicted octanol–water partition coefficient (Wildman–Crippen LogP) is 3.88. The van der Waals surface area contributed by atoms with E-state index in [9.17, 15) is 4.79 Å². The van der Waals surface area contributed by atoms with Gasteiger partial charge in [0.05, 0.1) is 19.6 Å². The number of nitrogens with one attached hydrogen (secondary N) is 1. The van der Waals surface area contributed by atoms with E-state index in [1.165, 1.54) is 0 Å². The van der Waals surface area contributed by atoms with Gasteiger partial charge in [-0.3, -0.25) is 4.79 Å². The Balaban J connectivity index is 1.96. The van der Waals surface area contributed by atoms with Crippen molar-refractivity contribution in [2.75, 3.05) is 7.11 Å². The van der Waals surface area contributed by atoms with Crippen molar-refractivity contribution >= 4 is 21.8 Å². The summed E-state index contributed by atoms with van der Waals surface area (Å²) in [6.45, 7) is 1.97. The largest absolute Gasteiger partial charge is 0.497 e. The van der Waals surface area contributed by atoms with Crippen LogP contribution in [0.4, 0.5) is 0 Å². The van der Waals surface area contributed by atoms with E-state index < -0.39 is 0 Å². The second-order valence-corrected chi connectivity index (χ2v) is 5.78. The van der Waals surface area contributed by atoms with Gasteiger partial charge in [0.15, 0.2) is 0 Å². The average Bonchev–Trinajstić information content (AvgIpc) is 2.49. The third-order valence-corrected chi connectivity index (χ3v) is 3.78. The molecule has 0 radical (unpaired) electrons. The second-order valence-electron chi connectivity index (χ2n) is 4.87. The van der Waals surface area contributed by atoms with E-state index >= 15 is 0 Å². The van der Waals surface area contributed by atoms with Crippen LogP contribution in [0.1, 0.15) is 24.1 Å². The molecule has 0 aliphatic heterocycles. The first-order valence-corrected chi connectivity index (χ1v) is 7.55. The molecule has 2 aromatic carbocycles. The van der Waals surface area contributed by atoms with Crippen molar-refractivity contribution in [2.45, 2.75) is 19.4 Å². The van der Waals surface area contributed by atoms with Crippen LogP contribution in [0, 0.1) is 0 Å². The molecule has 2 rings (SSSR count). The van der Waals surface area contributed by atoms with Crippen LogP contribution >= 0.6 is 15.9 Å². The molecule has 1 amide bonds. The Morgan fingerprint density at radius 2 is 1.95 bits per heavy atom. The molecule has 0 fully saturated rings. The van der Waals surface area contributed by atoms with Crippen molar-refractivity contribution in [2.24, 2.45) is 0 Å². The summed E-state index contributed by atoms with van der Waals surface area (Å²) in [6, 6.07) is 15.4. The molecule has 21 heavy (non-hydrogen) atoms. The highest BCUT2D eigenvalue weighted by Crippen LogP contribution is 2.19. The van der Waals surface area contributed by atoms with Gasteiger partial charge in [0.2, 0.25) is 5.91 Å². The molecule has 0 saturated heterocycles. The molecule has 1 atom stereocenters. The standard InChI is InChI=1S/C17H18BrNO2/c1-12(14-4-3-5-16(11-14)21-2)19-17(20)10-13-6-8-15(18)9-7-13/h3-9,11-12H,10H2,1-2H3,(H,19,20). The predicted molar refractivity (Wildman–Crippen MR) is 87.4 cm³/mol. The van der Waals surface area contributed by atoms with Crippen LogP contribution in [0.3, 0.4) is 0 Å². The zero-order valence-electron chi connectivity index (χ0n) is 12.1. The topological polar surface area (TPSA) is 38.3 Å². The smallest absolute Gasteiger partial charge is 0.224 e. The Morgan fingerprint density at radius 3 is 2.62 bits per heavy atom. The number of hydrogen-bond acceptors (Lipinski definition) is 2. The van der Waals surface area contributed by atoms with Crippen LogP contribution < -0.4 is 10.1 Å². The minimum absolute atomic E-state index is 0.00708. The maximum atomic E-state index is 12.1. The van der Waals surface area contributed by atoms with Gasteiger partial charge < -0.3 is 10.1 Å². The Kier molecular flexibility index (Phi) is 5.39. The summed E-state index contributed by atoms with van der Waals surface area (Å²) in [5.41, 5.74) is 2.02. The molecule has 0 saturated carbocycles. The van der Waals surface area contributed by atoms with E-state index in [-0.39, 0.29) is 11.9 Å². The van der Waals surface area contributed by atoms with Gasteiger partial charge in [-0.25, -0.2) is 0 Å². The van der Waals surface area contributed by atoms with Crippen molar-refractivity contribution < 1.29 is 9.53 Å². The van der Waals surface area contributed by atoms with Crippen molar-refractivity contribution in [1.29, 1.82) is 0 Å². The fraction of sp³-hybridized carbons (Fsp3) is 0.235. The second kappa shape index (κ2) is 7.27. The van der Waals surface area contributed by atoms with E-state index in [0.29, 0.717) is 6.42 Å². The van der Waals surface area contributed by atoms with Crippen LogP contribution in [0.15, 0.2) is 53.0 Å². The fourth-order valence-corrected chi connectivity index (χ4v) is 2.34. The van der Waals surface area contributed by atoms with Crippen molar-refractivity contribution in [1.82, 2.24) is 5.32 Å². The first-order chi connectivity index (χ1) is 10.1. The number of halogens is 1. The average molecular weight is 348 g/mol. The van der Waals surface area contributed by atoms with Gasteiger partial charge in [-0.05, 0) is 42.3 Å². The molecule has 110 valence electrons. The van der Waals surface area contributed by atoms with Crippen LogP contribution in [0.25, 0.3) is 0 Å². The minimum Gasteiger partial charge on any atom is -0.497 e. The van der Waals surface area contributed by atoms with E-state index in [2.05, 4.69) is 21.2 Å². The van der Waals surface area contributed by atoms with Crippen LogP contribution in [0.5, 0.6) is 5.75 Å². The Labute approximate surface area is 133 Å². The molecule has 2 aromatic rings. The highest BCUT2D eigenvalue weighted by molar-refractivity contribution is 9.10. The summed E-state index contributed by atoms with van der Waals surface area (Å²) >= 11 is 3.38. The zero-order chi connectivity index (χ0) is 15.2. The lowest BCUT2D eigenvalue weighted by Crippen LogP contribution is -2.28. The number of benzene rings is 2. The lowest BCUT2D eigenvalue weighted by molar-refractivity contribution is -0.121. The molecule has 0 aliphatic carbocycles. The summed E-state index contributed by atoms with van der Waals surface area (Å²) in [7, 11) is 1.63. The van der Waals surface area contributed by atoms with Crippen molar-refractivity contribution in [3.8, 4) is 5.75 Å². The van der Waals surface area contributed by atoms with Gasteiger partial charge in [-0.2, -0.15) is 0 Å². The Hall–Kier alpha value is -1.81. The van der Waals surface area contributed by atoms with Gasteiger partial charge >= 0.3 is 0 Å². The number of amides is 1. The molecule has 0 bridgehead atoms. The summed E-state index contributed by atoms with van der Waals surface area (Å²) in [5.74, 6) is 0.800. The van der Waals surface area contributed by atoms with Crippen molar-refractivity contribution in [3.05, 3.63) is 64.1 Å². The number of ether oxygens (including phenoxy) is 1. The maximum Gasteiger partial charge on any atom is 0.224 e. The molecule has 3 nitrogen and oxygen atoms in total. The Bertz CT molecular complexity index is 610. The van der Waals surface area contributed by atoms with Gasteiger partial charge in [0.25, 0.3) is 0 Å². The van der Waals surface area contributed by atoms with E-state index in [1.807, 2.05) is 55.5 Å². The van der Waals surface area contributed by atoms with E-state index in [1.54, 1.807) is 7.11 Å². The highest BCUT2D eigenvalue weighted by atomic mass is 79.9. The van der Waals surface area contributed by atoms with Gasteiger partial charge in [0.1, 0.15) is 5.75 Å². The Morgan fingerprint density at radius 1 is 1.24 bits per heavy atom. The van der Waals surface area contributed by atoms with Crippen LogP contribution in [-0.4, -0.2) is 13.0 Å². The van der Waals surface area contributed by atoms with Gasteiger partial charge in [0, 0.05) is 4.47 Å². The molecule has 1 unspecified atom stereocenters. The maximum absolute atomic E-state index is 12.1. The first-order valence-electron chi connectivity index (χ1n) is 6.76. The number of hydrogen-bond donors (Lipinski definition) is 1. The molecule has 0 aromatic heterocycles. The molecule has 0 heterocycles. The van der Waals surface area contributed by atoms with Gasteiger partial charge in [-0.15, -0.1) is 0 Å². The third-order valence-electron chi connectivity index (χ3n) is 3.25. The lowest BCUT2D eigenvalue weighted by Gasteiger charge is -2.15. The summed E-state index contributed by atoms with van der Waals surface area (Å²) < 4.78 is 6.21. The molecular formula is C17H18BrNO2.